The topological polar surface area (TPSA) is 33.0 Å². The van der Waals surface area contributed by atoms with Crippen molar-refractivity contribution in [2.24, 2.45) is 0 Å². The van der Waals surface area contributed by atoms with Crippen molar-refractivity contribution < 1.29 is 4.74 Å². The zero-order valence-corrected chi connectivity index (χ0v) is 7.52. The smallest absolute Gasteiger partial charge is 0.260 e. The summed E-state index contributed by atoms with van der Waals surface area (Å²) in [5, 5.41) is 8.47. The SMILES string of the molecule is N#Cc1ccc(OC(=S)Cl)cc1. The average molecular weight is 198 g/mol. The fraction of sp³-hybridized carbons (Fsp3) is 0. The lowest BCUT2D eigenvalue weighted by Crippen LogP contribution is -1.94. The summed E-state index contributed by atoms with van der Waals surface area (Å²) in [4.78, 5) is 0. The average Bonchev–Trinajstić information content (AvgIpc) is 2.05. The van der Waals surface area contributed by atoms with Gasteiger partial charge in [-0.15, -0.1) is 0 Å². The van der Waals surface area contributed by atoms with Crippen molar-refractivity contribution in [3.63, 3.8) is 0 Å². The van der Waals surface area contributed by atoms with E-state index < -0.39 is 0 Å². The van der Waals surface area contributed by atoms with E-state index in [-0.39, 0.29) is 4.51 Å². The molecule has 0 heterocycles. The van der Waals surface area contributed by atoms with E-state index in [1.807, 2.05) is 6.07 Å². The van der Waals surface area contributed by atoms with E-state index in [9.17, 15) is 0 Å². The number of ether oxygens (including phenoxy) is 1. The van der Waals surface area contributed by atoms with Crippen LogP contribution >= 0.6 is 23.8 Å². The highest BCUT2D eigenvalue weighted by atomic mass is 35.5. The molecular weight excluding hydrogens is 194 g/mol. The third kappa shape index (κ3) is 2.50. The van der Waals surface area contributed by atoms with Crippen molar-refractivity contribution in [3.8, 4) is 11.8 Å². The lowest BCUT2D eigenvalue weighted by molar-refractivity contribution is 0.577. The Labute approximate surface area is 80.3 Å². The Bertz CT molecular complexity index is 328. The summed E-state index contributed by atoms with van der Waals surface area (Å²) in [6.07, 6.45) is 0. The first-order chi connectivity index (χ1) is 5.72. The second kappa shape index (κ2) is 4.05. The van der Waals surface area contributed by atoms with Crippen LogP contribution in [0.1, 0.15) is 5.56 Å². The zero-order chi connectivity index (χ0) is 8.97. The third-order valence-electron chi connectivity index (χ3n) is 1.18. The summed E-state index contributed by atoms with van der Waals surface area (Å²) in [6.45, 7) is 0. The van der Waals surface area contributed by atoms with E-state index in [0.29, 0.717) is 11.3 Å². The molecule has 4 heteroatoms. The maximum absolute atomic E-state index is 8.47. The van der Waals surface area contributed by atoms with Gasteiger partial charge in [-0.1, -0.05) is 0 Å². The molecule has 60 valence electrons. The molecule has 2 nitrogen and oxygen atoms in total. The molecule has 0 amide bonds. The quantitative estimate of drug-likeness (QED) is 0.512. The number of halogens is 1. The molecule has 0 aliphatic heterocycles. The molecule has 0 fully saturated rings. The minimum Gasteiger partial charge on any atom is -0.436 e. The summed E-state index contributed by atoms with van der Waals surface area (Å²) < 4.78 is 4.85. The highest BCUT2D eigenvalue weighted by molar-refractivity contribution is 7.82. The van der Waals surface area contributed by atoms with Crippen LogP contribution in [0.3, 0.4) is 0 Å². The number of rotatable bonds is 1. The van der Waals surface area contributed by atoms with E-state index in [4.69, 9.17) is 21.6 Å². The van der Waals surface area contributed by atoms with Gasteiger partial charge >= 0.3 is 0 Å². The molecule has 0 saturated carbocycles. The molecule has 1 rings (SSSR count). The molecule has 0 aliphatic rings. The first-order valence-electron chi connectivity index (χ1n) is 3.10. The molecule has 0 unspecified atom stereocenters. The van der Waals surface area contributed by atoms with Crippen LogP contribution in [0.15, 0.2) is 24.3 Å². The lowest BCUT2D eigenvalue weighted by atomic mass is 10.2. The highest BCUT2D eigenvalue weighted by Gasteiger charge is 1.95. The van der Waals surface area contributed by atoms with Gasteiger partial charge < -0.3 is 4.74 Å². The molecular formula is C8H4ClNOS. The van der Waals surface area contributed by atoms with Crippen LogP contribution < -0.4 is 4.74 Å². The Morgan fingerprint density at radius 1 is 1.42 bits per heavy atom. The van der Waals surface area contributed by atoms with E-state index >= 15 is 0 Å². The van der Waals surface area contributed by atoms with Gasteiger partial charge in [0.2, 0.25) is 0 Å². The molecule has 0 radical (unpaired) electrons. The molecule has 0 aromatic heterocycles. The third-order valence-corrected chi connectivity index (χ3v) is 1.34. The minimum atomic E-state index is -0.0558. The van der Waals surface area contributed by atoms with Gasteiger partial charge in [-0.3, -0.25) is 0 Å². The molecule has 1 aromatic carbocycles. The number of hydrogen-bond donors (Lipinski definition) is 0. The molecule has 0 N–H and O–H groups in total. The first-order valence-corrected chi connectivity index (χ1v) is 3.88. The van der Waals surface area contributed by atoms with Crippen LogP contribution in [0.4, 0.5) is 0 Å². The van der Waals surface area contributed by atoms with Crippen molar-refractivity contribution in [3.05, 3.63) is 29.8 Å². The predicted octanol–water partition coefficient (Wildman–Crippen LogP) is 2.46. The standard InChI is InChI=1S/C8H4ClNOS/c9-8(12)11-7-3-1-6(5-10)2-4-7/h1-4H. The maximum Gasteiger partial charge on any atom is 0.260 e. The highest BCUT2D eigenvalue weighted by Crippen LogP contribution is 2.12. The van der Waals surface area contributed by atoms with Gasteiger partial charge in [0.05, 0.1) is 11.6 Å². The molecule has 0 aliphatic carbocycles. The van der Waals surface area contributed by atoms with Crippen LogP contribution in [-0.4, -0.2) is 4.51 Å². The van der Waals surface area contributed by atoms with Gasteiger partial charge in [-0.2, -0.15) is 5.26 Å². The summed E-state index contributed by atoms with van der Waals surface area (Å²) in [7, 11) is 0. The van der Waals surface area contributed by atoms with Crippen LogP contribution in [-0.2, 0) is 0 Å². The van der Waals surface area contributed by atoms with Crippen LogP contribution in [0.2, 0.25) is 0 Å². The van der Waals surface area contributed by atoms with Gasteiger partial charge in [-0.25, -0.2) is 0 Å². The van der Waals surface area contributed by atoms with Crippen molar-refractivity contribution in [1.82, 2.24) is 0 Å². The molecule has 0 atom stereocenters. The fourth-order valence-electron chi connectivity index (χ4n) is 0.690. The molecule has 0 bridgehead atoms. The lowest BCUT2D eigenvalue weighted by Gasteiger charge is -1.99. The summed E-state index contributed by atoms with van der Waals surface area (Å²) in [6, 6.07) is 8.51. The largest absolute Gasteiger partial charge is 0.436 e. The predicted molar refractivity (Wildman–Crippen MR) is 50.2 cm³/mol. The van der Waals surface area contributed by atoms with E-state index in [2.05, 4.69) is 12.2 Å². The normalized spacial score (nSPS) is 8.67. The monoisotopic (exact) mass is 197 g/mol. The van der Waals surface area contributed by atoms with Crippen LogP contribution in [0, 0.1) is 11.3 Å². The second-order valence-corrected chi connectivity index (χ2v) is 2.91. The van der Waals surface area contributed by atoms with E-state index in [1.54, 1.807) is 24.3 Å². The Morgan fingerprint density at radius 3 is 2.42 bits per heavy atom. The van der Waals surface area contributed by atoms with Gasteiger partial charge in [0.1, 0.15) is 5.75 Å². The summed E-state index contributed by atoms with van der Waals surface area (Å²) >= 11 is 9.85. The second-order valence-electron chi connectivity index (χ2n) is 1.98. The number of nitriles is 1. The van der Waals surface area contributed by atoms with Crippen molar-refractivity contribution in [2.75, 3.05) is 0 Å². The summed E-state index contributed by atoms with van der Waals surface area (Å²) in [5.41, 5.74) is 0.572. The minimum absolute atomic E-state index is 0.0558. The Balaban J connectivity index is 2.80. The zero-order valence-electron chi connectivity index (χ0n) is 5.95. The number of nitrogens with zero attached hydrogens (tertiary/aromatic N) is 1. The van der Waals surface area contributed by atoms with Gasteiger partial charge in [0, 0.05) is 0 Å². The number of benzene rings is 1. The Kier molecular flexibility index (Phi) is 3.03. The fourth-order valence-corrected chi connectivity index (χ4v) is 0.875. The van der Waals surface area contributed by atoms with Gasteiger partial charge in [0.25, 0.3) is 4.51 Å². The first kappa shape index (κ1) is 8.98. The molecule has 0 saturated heterocycles. The van der Waals surface area contributed by atoms with Gasteiger partial charge in [-0.05, 0) is 48.1 Å². The molecule has 0 spiro atoms. The van der Waals surface area contributed by atoms with E-state index in [1.165, 1.54) is 0 Å². The van der Waals surface area contributed by atoms with Crippen molar-refractivity contribution >= 4 is 28.3 Å². The molecule has 1 aromatic rings. The van der Waals surface area contributed by atoms with Crippen LogP contribution in [0.25, 0.3) is 0 Å². The number of hydrogen-bond acceptors (Lipinski definition) is 3. The Hall–Kier alpha value is -1.11. The van der Waals surface area contributed by atoms with Gasteiger partial charge in [0.15, 0.2) is 0 Å². The molecule has 12 heavy (non-hydrogen) atoms. The Morgan fingerprint density at radius 2 is 2.00 bits per heavy atom. The van der Waals surface area contributed by atoms with Crippen molar-refractivity contribution in [1.29, 1.82) is 5.26 Å². The van der Waals surface area contributed by atoms with E-state index in [0.717, 1.165) is 0 Å². The van der Waals surface area contributed by atoms with Crippen LogP contribution in [0.5, 0.6) is 5.75 Å². The number of thiocarbonyl (C=S) groups is 1. The maximum atomic E-state index is 8.47. The summed E-state index contributed by atoms with van der Waals surface area (Å²) in [5.74, 6) is 0.536. The van der Waals surface area contributed by atoms with Crippen molar-refractivity contribution in [2.45, 2.75) is 0 Å².